The molecule has 0 aliphatic rings. The maximum atomic E-state index is 10.7. The predicted octanol–water partition coefficient (Wildman–Crippen LogP) is 2.52. The summed E-state index contributed by atoms with van der Waals surface area (Å²) in [6.45, 7) is 0. The summed E-state index contributed by atoms with van der Waals surface area (Å²) in [7, 11) is 0. The van der Waals surface area contributed by atoms with Crippen molar-refractivity contribution in [1.29, 1.82) is 0 Å². The van der Waals surface area contributed by atoms with Crippen LogP contribution < -0.4 is 4.74 Å². The largest absolute Gasteiger partial charge is 0.476 e. The van der Waals surface area contributed by atoms with E-state index in [0.717, 1.165) is 17.1 Å². The second-order valence-electron chi connectivity index (χ2n) is 4.01. The van der Waals surface area contributed by atoms with Crippen molar-refractivity contribution in [2.45, 2.75) is 0 Å². The summed E-state index contributed by atoms with van der Waals surface area (Å²) < 4.78 is 5.49. The lowest BCUT2D eigenvalue weighted by Gasteiger charge is -2.05. The number of hydrogen-bond donors (Lipinski definition) is 1. The molecule has 2 aromatic heterocycles. The monoisotopic (exact) mass is 267 g/mol. The van der Waals surface area contributed by atoms with Crippen LogP contribution in [-0.4, -0.2) is 26.0 Å². The van der Waals surface area contributed by atoms with Crippen molar-refractivity contribution in [3.63, 3.8) is 0 Å². The summed E-state index contributed by atoms with van der Waals surface area (Å²) in [6.07, 6.45) is 3.99. The smallest absolute Gasteiger partial charge is 0.356 e. The number of hydrogen-bond acceptors (Lipinski definition) is 5. The van der Waals surface area contributed by atoms with E-state index in [4.69, 9.17) is 9.84 Å². The van der Waals surface area contributed by atoms with Crippen LogP contribution in [0.4, 0.5) is 0 Å². The number of rotatable bonds is 3. The highest BCUT2D eigenvalue weighted by molar-refractivity contribution is 5.84. The first-order chi connectivity index (χ1) is 9.72. The van der Waals surface area contributed by atoms with Gasteiger partial charge >= 0.3 is 5.97 Å². The maximum absolute atomic E-state index is 10.7. The van der Waals surface area contributed by atoms with E-state index in [1.165, 1.54) is 6.20 Å². The number of para-hydroxylation sites is 1. The number of carboxylic acids is 1. The van der Waals surface area contributed by atoms with E-state index < -0.39 is 5.97 Å². The summed E-state index contributed by atoms with van der Waals surface area (Å²) in [4.78, 5) is 22.5. The van der Waals surface area contributed by atoms with Crippen molar-refractivity contribution >= 4 is 16.9 Å². The van der Waals surface area contributed by atoms with Crippen LogP contribution in [0.2, 0.25) is 0 Å². The number of fused-ring (bicyclic) bond motifs is 1. The van der Waals surface area contributed by atoms with Crippen molar-refractivity contribution in [3.8, 4) is 11.6 Å². The molecule has 3 rings (SSSR count). The van der Waals surface area contributed by atoms with Crippen LogP contribution in [0, 0.1) is 0 Å². The Labute approximate surface area is 113 Å². The Balaban J connectivity index is 1.87. The molecule has 3 aromatic rings. The Morgan fingerprint density at radius 3 is 2.65 bits per heavy atom. The van der Waals surface area contributed by atoms with Crippen molar-refractivity contribution in [1.82, 2.24) is 15.0 Å². The van der Waals surface area contributed by atoms with E-state index in [1.54, 1.807) is 6.20 Å². The molecule has 0 spiro atoms. The quantitative estimate of drug-likeness (QED) is 0.784. The molecule has 0 saturated heterocycles. The zero-order valence-corrected chi connectivity index (χ0v) is 10.2. The lowest BCUT2D eigenvalue weighted by atomic mass is 10.2. The van der Waals surface area contributed by atoms with Gasteiger partial charge in [-0.1, -0.05) is 18.2 Å². The Hall–Kier alpha value is -3.02. The molecule has 20 heavy (non-hydrogen) atoms. The van der Waals surface area contributed by atoms with E-state index in [2.05, 4.69) is 15.0 Å². The highest BCUT2D eigenvalue weighted by Crippen LogP contribution is 2.22. The third kappa shape index (κ3) is 2.39. The van der Waals surface area contributed by atoms with Gasteiger partial charge in [0, 0.05) is 5.39 Å². The van der Waals surface area contributed by atoms with Crippen molar-refractivity contribution in [2.75, 3.05) is 0 Å². The minimum atomic E-state index is -1.13. The number of benzene rings is 1. The summed E-state index contributed by atoms with van der Waals surface area (Å²) in [5.41, 5.74) is 0.737. The molecule has 0 fully saturated rings. The Bertz CT molecular complexity index is 772. The average Bonchev–Trinajstić information content (AvgIpc) is 2.48. The highest BCUT2D eigenvalue weighted by Gasteiger charge is 2.06. The fourth-order valence-corrected chi connectivity index (χ4v) is 1.71. The third-order valence-corrected chi connectivity index (χ3v) is 2.64. The molecule has 1 aromatic carbocycles. The van der Waals surface area contributed by atoms with E-state index >= 15 is 0 Å². The molecule has 1 N–H and O–H groups in total. The van der Waals surface area contributed by atoms with Crippen LogP contribution in [0.3, 0.4) is 0 Å². The number of aromatic nitrogens is 3. The molecule has 0 aliphatic carbocycles. The average molecular weight is 267 g/mol. The Morgan fingerprint density at radius 2 is 1.90 bits per heavy atom. The summed E-state index contributed by atoms with van der Waals surface area (Å²) in [6, 6.07) is 9.48. The Kier molecular flexibility index (Phi) is 2.96. The van der Waals surface area contributed by atoms with Gasteiger partial charge in [-0.2, -0.15) is 0 Å². The van der Waals surface area contributed by atoms with Crippen molar-refractivity contribution < 1.29 is 14.6 Å². The van der Waals surface area contributed by atoms with Crippen LogP contribution in [0.1, 0.15) is 10.5 Å². The first-order valence-corrected chi connectivity index (χ1v) is 5.80. The molecule has 0 bridgehead atoms. The topological polar surface area (TPSA) is 85.2 Å². The number of pyridine rings is 1. The molecule has 98 valence electrons. The number of carbonyl (C=O) groups is 1. The van der Waals surface area contributed by atoms with Gasteiger partial charge in [0.25, 0.3) is 0 Å². The molecule has 0 radical (unpaired) electrons. The second-order valence-corrected chi connectivity index (χ2v) is 4.01. The van der Waals surface area contributed by atoms with E-state index in [1.807, 2.05) is 30.3 Å². The number of ether oxygens (including phenoxy) is 1. The first-order valence-electron chi connectivity index (χ1n) is 5.80. The van der Waals surface area contributed by atoms with E-state index in [-0.39, 0.29) is 11.6 Å². The fraction of sp³-hybridized carbons (Fsp3) is 0. The minimum absolute atomic E-state index is 0.131. The van der Waals surface area contributed by atoms with Gasteiger partial charge in [0.2, 0.25) is 5.88 Å². The van der Waals surface area contributed by atoms with Gasteiger partial charge in [0.1, 0.15) is 5.75 Å². The molecule has 0 amide bonds. The molecule has 6 heteroatoms. The van der Waals surface area contributed by atoms with Crippen LogP contribution in [0.15, 0.2) is 48.9 Å². The minimum Gasteiger partial charge on any atom is -0.476 e. The lowest BCUT2D eigenvalue weighted by Crippen LogP contribution is -2.01. The normalized spacial score (nSPS) is 10.4. The highest BCUT2D eigenvalue weighted by atomic mass is 16.5. The lowest BCUT2D eigenvalue weighted by molar-refractivity contribution is 0.0690. The van der Waals surface area contributed by atoms with Crippen LogP contribution in [0.25, 0.3) is 10.9 Å². The Morgan fingerprint density at radius 1 is 1.05 bits per heavy atom. The molecule has 0 unspecified atom stereocenters. The van der Waals surface area contributed by atoms with Gasteiger partial charge in [-0.15, -0.1) is 0 Å². The standard InChI is InChI=1S/C14H9N3O3/c18-14(19)12-7-17-13(8-16-12)20-10-5-9-3-1-2-4-11(9)15-6-10/h1-8H,(H,18,19). The van der Waals surface area contributed by atoms with Gasteiger partial charge in [0.05, 0.1) is 24.1 Å². The molecule has 2 heterocycles. The van der Waals surface area contributed by atoms with Gasteiger partial charge < -0.3 is 9.84 Å². The van der Waals surface area contributed by atoms with Crippen LogP contribution in [0.5, 0.6) is 11.6 Å². The summed E-state index contributed by atoms with van der Waals surface area (Å²) in [5.74, 6) is -0.399. The predicted molar refractivity (Wildman–Crippen MR) is 70.8 cm³/mol. The van der Waals surface area contributed by atoms with Gasteiger partial charge in [0.15, 0.2) is 5.69 Å². The zero-order valence-electron chi connectivity index (χ0n) is 10.2. The van der Waals surface area contributed by atoms with E-state index in [0.29, 0.717) is 5.75 Å². The number of carboxylic acid groups (broad SMARTS) is 1. The van der Waals surface area contributed by atoms with Gasteiger partial charge in [-0.3, -0.25) is 4.98 Å². The third-order valence-electron chi connectivity index (χ3n) is 2.64. The fourth-order valence-electron chi connectivity index (χ4n) is 1.71. The summed E-state index contributed by atoms with van der Waals surface area (Å²) >= 11 is 0. The number of aromatic carboxylic acids is 1. The summed E-state index contributed by atoms with van der Waals surface area (Å²) in [5, 5.41) is 9.68. The van der Waals surface area contributed by atoms with Crippen molar-refractivity contribution in [3.05, 3.63) is 54.6 Å². The molecular formula is C14H9N3O3. The van der Waals surface area contributed by atoms with Crippen molar-refractivity contribution in [2.24, 2.45) is 0 Å². The molecule has 6 nitrogen and oxygen atoms in total. The van der Waals surface area contributed by atoms with Gasteiger partial charge in [-0.25, -0.2) is 14.8 Å². The number of nitrogens with zero attached hydrogens (tertiary/aromatic N) is 3. The van der Waals surface area contributed by atoms with Gasteiger partial charge in [-0.05, 0) is 12.1 Å². The van der Waals surface area contributed by atoms with E-state index in [9.17, 15) is 4.79 Å². The molecule has 0 atom stereocenters. The molecule has 0 saturated carbocycles. The molecular weight excluding hydrogens is 258 g/mol. The zero-order chi connectivity index (χ0) is 13.9. The first kappa shape index (κ1) is 12.0. The van der Waals surface area contributed by atoms with Crippen LogP contribution >= 0.6 is 0 Å². The van der Waals surface area contributed by atoms with Crippen LogP contribution in [-0.2, 0) is 0 Å². The molecule has 0 aliphatic heterocycles. The SMILES string of the molecule is O=C(O)c1cnc(Oc2cnc3ccccc3c2)cn1. The maximum Gasteiger partial charge on any atom is 0.356 e. The second kappa shape index (κ2) is 4.93.